The molecule has 0 aromatic carbocycles. The molecule has 94 valence electrons. The van der Waals surface area contributed by atoms with Crippen molar-refractivity contribution in [3.63, 3.8) is 0 Å². The molecule has 1 heterocycles. The highest BCUT2D eigenvalue weighted by atomic mass is 16.4. The largest absolute Gasteiger partial charge is 0.481 e. The number of hydrogen-bond acceptors (Lipinski definition) is 3. The number of carbonyl (C=O) groups excluding carboxylic acids is 1. The Morgan fingerprint density at radius 2 is 2.06 bits per heavy atom. The van der Waals surface area contributed by atoms with E-state index in [-0.39, 0.29) is 0 Å². The van der Waals surface area contributed by atoms with E-state index in [2.05, 4.69) is 10.4 Å². The summed E-state index contributed by atoms with van der Waals surface area (Å²) in [5, 5.41) is 15.5. The second kappa shape index (κ2) is 4.57. The van der Waals surface area contributed by atoms with Crippen LogP contribution in [0.5, 0.6) is 0 Å². The number of aliphatic carboxylic acids is 1. The van der Waals surface area contributed by atoms with Gasteiger partial charge in [0.05, 0.1) is 0 Å². The van der Waals surface area contributed by atoms with E-state index in [1.54, 1.807) is 40.1 Å². The standard InChI is InChI=1S/C11H17N3O3/c1-11(2,3)8(10(16)17)9(15)12-7-5-6-14(4)13-7/h5-6,8H,1-4H3,(H,16,17)(H,12,13,15). The maximum absolute atomic E-state index is 11.9. The number of aromatic nitrogens is 2. The van der Waals surface area contributed by atoms with Crippen LogP contribution >= 0.6 is 0 Å². The number of hydrogen-bond donors (Lipinski definition) is 2. The van der Waals surface area contributed by atoms with Crippen LogP contribution in [0.4, 0.5) is 5.82 Å². The highest BCUT2D eigenvalue weighted by molar-refractivity contribution is 6.04. The average molecular weight is 239 g/mol. The molecule has 17 heavy (non-hydrogen) atoms. The molecule has 6 heteroatoms. The summed E-state index contributed by atoms with van der Waals surface area (Å²) in [6.45, 7) is 5.14. The van der Waals surface area contributed by atoms with Gasteiger partial charge < -0.3 is 10.4 Å². The third-order valence-electron chi connectivity index (χ3n) is 2.34. The third-order valence-corrected chi connectivity index (χ3v) is 2.34. The zero-order valence-corrected chi connectivity index (χ0v) is 10.4. The van der Waals surface area contributed by atoms with Crippen LogP contribution in [-0.2, 0) is 16.6 Å². The summed E-state index contributed by atoms with van der Waals surface area (Å²) in [6, 6.07) is 1.61. The van der Waals surface area contributed by atoms with Gasteiger partial charge in [-0.05, 0) is 5.41 Å². The zero-order chi connectivity index (χ0) is 13.2. The van der Waals surface area contributed by atoms with Crippen LogP contribution in [0.25, 0.3) is 0 Å². The number of carboxylic acids is 1. The van der Waals surface area contributed by atoms with Gasteiger partial charge in [-0.1, -0.05) is 20.8 Å². The Balaban J connectivity index is 2.84. The van der Waals surface area contributed by atoms with Gasteiger partial charge in [0.2, 0.25) is 5.91 Å². The summed E-state index contributed by atoms with van der Waals surface area (Å²) in [4.78, 5) is 23.0. The SMILES string of the molecule is Cn1ccc(NC(=O)C(C(=O)O)C(C)(C)C)n1. The molecule has 0 radical (unpaired) electrons. The minimum Gasteiger partial charge on any atom is -0.481 e. The van der Waals surface area contributed by atoms with E-state index in [4.69, 9.17) is 5.11 Å². The number of carbonyl (C=O) groups is 2. The van der Waals surface area contributed by atoms with Crippen LogP contribution in [0.15, 0.2) is 12.3 Å². The monoisotopic (exact) mass is 239 g/mol. The van der Waals surface area contributed by atoms with E-state index in [1.165, 1.54) is 4.68 Å². The van der Waals surface area contributed by atoms with Crippen molar-refractivity contribution >= 4 is 17.7 Å². The number of amides is 1. The van der Waals surface area contributed by atoms with Crippen molar-refractivity contribution in [1.82, 2.24) is 9.78 Å². The van der Waals surface area contributed by atoms with Crippen LogP contribution in [0, 0.1) is 11.3 Å². The number of rotatable bonds is 3. The Labute approximate surface area is 99.6 Å². The molecule has 0 aliphatic carbocycles. The molecule has 1 rings (SSSR count). The van der Waals surface area contributed by atoms with Gasteiger partial charge in [0.15, 0.2) is 5.82 Å². The predicted octanol–water partition coefficient (Wildman–Crippen LogP) is 1.11. The Morgan fingerprint density at radius 3 is 2.41 bits per heavy atom. The summed E-state index contributed by atoms with van der Waals surface area (Å²) in [7, 11) is 1.72. The van der Waals surface area contributed by atoms with Crippen LogP contribution in [0.3, 0.4) is 0 Å². The van der Waals surface area contributed by atoms with Crippen molar-refractivity contribution in [2.24, 2.45) is 18.4 Å². The lowest BCUT2D eigenvalue weighted by Crippen LogP contribution is -2.39. The molecular weight excluding hydrogens is 222 g/mol. The molecule has 1 unspecified atom stereocenters. The average Bonchev–Trinajstić information content (AvgIpc) is 2.46. The number of aryl methyl sites for hydroxylation is 1. The molecule has 1 atom stereocenters. The highest BCUT2D eigenvalue weighted by Crippen LogP contribution is 2.27. The Morgan fingerprint density at radius 1 is 1.47 bits per heavy atom. The van der Waals surface area contributed by atoms with Crippen molar-refractivity contribution in [1.29, 1.82) is 0 Å². The van der Waals surface area contributed by atoms with Gasteiger partial charge in [-0.15, -0.1) is 0 Å². The lowest BCUT2D eigenvalue weighted by molar-refractivity contribution is -0.149. The van der Waals surface area contributed by atoms with Gasteiger partial charge in [-0.2, -0.15) is 5.10 Å². The highest BCUT2D eigenvalue weighted by Gasteiger charge is 2.37. The van der Waals surface area contributed by atoms with E-state index >= 15 is 0 Å². The summed E-state index contributed by atoms with van der Waals surface area (Å²) < 4.78 is 1.53. The van der Waals surface area contributed by atoms with Gasteiger partial charge in [-0.25, -0.2) is 0 Å². The molecule has 0 spiro atoms. The van der Waals surface area contributed by atoms with Gasteiger partial charge in [0.1, 0.15) is 5.92 Å². The zero-order valence-electron chi connectivity index (χ0n) is 10.4. The first-order chi connectivity index (χ1) is 7.71. The quantitative estimate of drug-likeness (QED) is 0.774. The Hall–Kier alpha value is -1.85. The molecule has 1 aromatic rings. The smallest absolute Gasteiger partial charge is 0.316 e. The van der Waals surface area contributed by atoms with Crippen molar-refractivity contribution in [2.75, 3.05) is 5.32 Å². The van der Waals surface area contributed by atoms with E-state index in [0.717, 1.165) is 0 Å². The fourth-order valence-corrected chi connectivity index (χ4v) is 1.56. The molecule has 1 aromatic heterocycles. The molecule has 2 N–H and O–H groups in total. The van der Waals surface area contributed by atoms with E-state index in [1.807, 2.05) is 0 Å². The summed E-state index contributed by atoms with van der Waals surface area (Å²) in [5.41, 5.74) is -0.648. The number of anilines is 1. The van der Waals surface area contributed by atoms with Crippen LogP contribution in [-0.4, -0.2) is 26.8 Å². The summed E-state index contributed by atoms with van der Waals surface area (Å²) in [6.07, 6.45) is 1.67. The third kappa shape index (κ3) is 3.30. The van der Waals surface area contributed by atoms with Crippen molar-refractivity contribution < 1.29 is 14.7 Å². The molecule has 0 bridgehead atoms. The lowest BCUT2D eigenvalue weighted by Gasteiger charge is -2.25. The lowest BCUT2D eigenvalue weighted by atomic mass is 9.80. The number of nitrogens with zero attached hydrogens (tertiary/aromatic N) is 2. The number of carboxylic acid groups (broad SMARTS) is 1. The topological polar surface area (TPSA) is 84.2 Å². The molecule has 1 amide bonds. The maximum Gasteiger partial charge on any atom is 0.316 e. The van der Waals surface area contributed by atoms with E-state index < -0.39 is 23.2 Å². The van der Waals surface area contributed by atoms with Crippen molar-refractivity contribution in [2.45, 2.75) is 20.8 Å². The van der Waals surface area contributed by atoms with Gasteiger partial charge in [-0.3, -0.25) is 14.3 Å². The van der Waals surface area contributed by atoms with Crippen molar-refractivity contribution in [3.8, 4) is 0 Å². The molecule has 6 nitrogen and oxygen atoms in total. The minimum atomic E-state index is -1.13. The summed E-state index contributed by atoms with van der Waals surface area (Å²) >= 11 is 0. The number of nitrogens with one attached hydrogen (secondary N) is 1. The Bertz CT molecular complexity index is 431. The predicted molar refractivity (Wildman–Crippen MR) is 62.4 cm³/mol. The van der Waals surface area contributed by atoms with Crippen LogP contribution in [0.1, 0.15) is 20.8 Å². The first kappa shape index (κ1) is 13.2. The normalized spacial score (nSPS) is 13.2. The van der Waals surface area contributed by atoms with Crippen molar-refractivity contribution in [3.05, 3.63) is 12.3 Å². The second-order valence-corrected chi connectivity index (χ2v) is 5.00. The van der Waals surface area contributed by atoms with Crippen LogP contribution < -0.4 is 5.32 Å². The van der Waals surface area contributed by atoms with E-state index in [9.17, 15) is 9.59 Å². The molecule has 0 aliphatic heterocycles. The molecule has 0 fully saturated rings. The van der Waals surface area contributed by atoms with Gasteiger partial charge in [0.25, 0.3) is 0 Å². The fraction of sp³-hybridized carbons (Fsp3) is 0.545. The summed E-state index contributed by atoms with van der Waals surface area (Å²) in [5.74, 6) is -2.44. The first-order valence-corrected chi connectivity index (χ1v) is 5.25. The van der Waals surface area contributed by atoms with Gasteiger partial charge in [0, 0.05) is 19.3 Å². The minimum absolute atomic E-state index is 0.355. The second-order valence-electron chi connectivity index (χ2n) is 5.00. The van der Waals surface area contributed by atoms with E-state index in [0.29, 0.717) is 5.82 Å². The van der Waals surface area contributed by atoms with Crippen LogP contribution in [0.2, 0.25) is 0 Å². The first-order valence-electron chi connectivity index (χ1n) is 5.25. The molecule has 0 saturated carbocycles. The maximum atomic E-state index is 11.9. The molecule has 0 aliphatic rings. The van der Waals surface area contributed by atoms with Gasteiger partial charge >= 0.3 is 5.97 Å². The fourth-order valence-electron chi connectivity index (χ4n) is 1.56. The molecule has 0 saturated heterocycles. The Kier molecular flexibility index (Phi) is 3.55. The molecular formula is C11H17N3O3.